The number of hydrogen-bond acceptors (Lipinski definition) is 5. The maximum atomic E-state index is 12.6. The Hall–Kier alpha value is -0.723. The fourth-order valence-corrected chi connectivity index (χ4v) is 4.72. The first-order chi connectivity index (χ1) is 10.5. The molecule has 2 saturated heterocycles. The van der Waals surface area contributed by atoms with Gasteiger partial charge in [0.05, 0.1) is 18.1 Å². The molecule has 3 aliphatic rings. The van der Waals surface area contributed by atoms with Gasteiger partial charge in [-0.3, -0.25) is 9.59 Å². The molecule has 0 N–H and O–H groups in total. The van der Waals surface area contributed by atoms with Crippen LogP contribution in [0.5, 0.6) is 0 Å². The highest BCUT2D eigenvalue weighted by molar-refractivity contribution is 6.74. The molecule has 6 heteroatoms. The smallest absolute Gasteiger partial charge is 0.314 e. The third-order valence-corrected chi connectivity index (χ3v) is 10.7. The molecule has 1 spiro atoms. The Kier molecular flexibility index (Phi) is 3.82. The number of rotatable bonds is 3. The molecule has 0 amide bonds. The summed E-state index contributed by atoms with van der Waals surface area (Å²) in [7, 11) is -1.93. The molecule has 5 nitrogen and oxygen atoms in total. The van der Waals surface area contributed by atoms with Crippen molar-refractivity contribution in [3.63, 3.8) is 0 Å². The average Bonchev–Trinajstić information content (AvgIpc) is 3.11. The average molecular weight is 340 g/mol. The van der Waals surface area contributed by atoms with Crippen LogP contribution in [0.25, 0.3) is 0 Å². The van der Waals surface area contributed by atoms with Crippen molar-refractivity contribution in [2.45, 2.75) is 76.5 Å². The summed E-state index contributed by atoms with van der Waals surface area (Å²) in [6.45, 7) is 13.5. The zero-order valence-electron chi connectivity index (χ0n) is 15.0. The summed E-state index contributed by atoms with van der Waals surface area (Å²) in [4.78, 5) is 24.3. The summed E-state index contributed by atoms with van der Waals surface area (Å²) in [5.74, 6) is -0.429. The third kappa shape index (κ3) is 2.68. The first-order valence-electron chi connectivity index (χ1n) is 8.52. The topological polar surface area (TPSA) is 65.1 Å². The van der Waals surface area contributed by atoms with Gasteiger partial charge in [-0.1, -0.05) is 27.7 Å². The molecule has 2 aliphatic heterocycles. The lowest BCUT2D eigenvalue weighted by molar-refractivity contribution is -0.163. The van der Waals surface area contributed by atoms with E-state index in [1.165, 1.54) is 0 Å². The van der Waals surface area contributed by atoms with E-state index in [4.69, 9.17) is 13.9 Å². The Morgan fingerprint density at radius 3 is 2.43 bits per heavy atom. The van der Waals surface area contributed by atoms with Crippen molar-refractivity contribution in [2.24, 2.45) is 11.8 Å². The second-order valence-electron chi connectivity index (χ2n) is 8.89. The summed E-state index contributed by atoms with van der Waals surface area (Å²) in [6, 6.07) is 0. The number of carbonyl (C=O) groups is 2. The summed E-state index contributed by atoms with van der Waals surface area (Å²) in [5.41, 5.74) is -1.02. The Morgan fingerprint density at radius 1 is 1.26 bits per heavy atom. The highest BCUT2D eigenvalue weighted by atomic mass is 28.4. The molecule has 0 unspecified atom stereocenters. The highest BCUT2D eigenvalue weighted by Gasteiger charge is 2.67. The summed E-state index contributed by atoms with van der Waals surface area (Å²) in [6.07, 6.45) is 0.615. The number of fused-ring (bicyclic) bond motifs is 1. The normalized spacial score (nSPS) is 40.3. The number of esters is 1. The monoisotopic (exact) mass is 340 g/mol. The van der Waals surface area contributed by atoms with Gasteiger partial charge in [0.25, 0.3) is 0 Å². The Labute approximate surface area is 139 Å². The van der Waals surface area contributed by atoms with E-state index in [1.54, 1.807) is 0 Å². The molecule has 3 fully saturated rings. The van der Waals surface area contributed by atoms with Gasteiger partial charge in [-0.25, -0.2) is 0 Å². The lowest BCUT2D eigenvalue weighted by atomic mass is 9.70. The molecule has 0 aromatic heterocycles. The van der Waals surface area contributed by atoms with Crippen LogP contribution in [0, 0.1) is 11.8 Å². The van der Waals surface area contributed by atoms with Crippen LogP contribution < -0.4 is 0 Å². The standard InChI is InChI=1S/C17H28O5Si/c1-10-8-17(12(18)7-13(19)22-17)11(15-14(10)21-15)9-20-23(5,6)16(2,3)4/h10-11,14-15H,7-9H2,1-6H3/t10-,11-,14+,15-,17-/m1/s1. The molecule has 0 radical (unpaired) electrons. The Bertz CT molecular complexity index is 538. The highest BCUT2D eigenvalue weighted by Crippen LogP contribution is 2.53. The van der Waals surface area contributed by atoms with Gasteiger partial charge in [0.2, 0.25) is 0 Å². The molecule has 3 rings (SSSR count). The fourth-order valence-electron chi connectivity index (χ4n) is 3.69. The molecular weight excluding hydrogens is 312 g/mol. The van der Waals surface area contributed by atoms with Crippen LogP contribution in [-0.4, -0.2) is 44.5 Å². The first kappa shape index (κ1) is 17.1. The number of Topliss-reactive ketones (excluding diaryl/α,β-unsaturated/α-hetero) is 1. The SMILES string of the molecule is C[C@@H]1C[C@@]2(OC(=O)CC2=O)[C@H](CO[Si](C)(C)C(C)(C)C)[C@H]2O[C@H]21. The molecule has 1 saturated carbocycles. The van der Waals surface area contributed by atoms with Crippen molar-refractivity contribution in [2.75, 3.05) is 6.61 Å². The van der Waals surface area contributed by atoms with Gasteiger partial charge in [-0.05, 0) is 24.1 Å². The molecule has 0 aromatic carbocycles. The second-order valence-corrected chi connectivity index (χ2v) is 13.7. The number of epoxide rings is 1. The van der Waals surface area contributed by atoms with Crippen molar-refractivity contribution in [3.05, 3.63) is 0 Å². The zero-order chi connectivity index (χ0) is 17.2. The third-order valence-electron chi connectivity index (χ3n) is 6.25. The van der Waals surface area contributed by atoms with Gasteiger partial charge in [0.1, 0.15) is 6.42 Å². The lowest BCUT2D eigenvalue weighted by Gasteiger charge is -2.42. The van der Waals surface area contributed by atoms with Crippen LogP contribution >= 0.6 is 0 Å². The molecule has 0 bridgehead atoms. The number of ketones is 1. The predicted octanol–water partition coefficient (Wildman–Crippen LogP) is 2.69. The van der Waals surface area contributed by atoms with Gasteiger partial charge >= 0.3 is 5.97 Å². The van der Waals surface area contributed by atoms with Crippen molar-refractivity contribution in [1.82, 2.24) is 0 Å². The van der Waals surface area contributed by atoms with Crippen LogP contribution in [0.15, 0.2) is 0 Å². The minimum atomic E-state index is -1.93. The maximum Gasteiger partial charge on any atom is 0.314 e. The molecular formula is C17H28O5Si. The molecule has 23 heavy (non-hydrogen) atoms. The first-order valence-corrected chi connectivity index (χ1v) is 11.4. The lowest BCUT2D eigenvalue weighted by Crippen LogP contribution is -2.55. The largest absolute Gasteiger partial charge is 0.450 e. The van der Waals surface area contributed by atoms with E-state index in [0.29, 0.717) is 13.0 Å². The van der Waals surface area contributed by atoms with E-state index in [9.17, 15) is 9.59 Å². The number of ether oxygens (including phenoxy) is 2. The maximum absolute atomic E-state index is 12.6. The summed E-state index contributed by atoms with van der Waals surface area (Å²) < 4.78 is 17.8. The summed E-state index contributed by atoms with van der Waals surface area (Å²) >= 11 is 0. The Balaban J connectivity index is 1.82. The number of hydrogen-bond donors (Lipinski definition) is 0. The van der Waals surface area contributed by atoms with Gasteiger partial charge in [-0.15, -0.1) is 0 Å². The second kappa shape index (κ2) is 5.13. The molecule has 0 aromatic rings. The zero-order valence-corrected chi connectivity index (χ0v) is 16.0. The molecule has 130 valence electrons. The summed E-state index contributed by atoms with van der Waals surface area (Å²) in [5, 5.41) is 0.0995. The van der Waals surface area contributed by atoms with Crippen LogP contribution in [-0.2, 0) is 23.5 Å². The quantitative estimate of drug-likeness (QED) is 0.342. The van der Waals surface area contributed by atoms with Crippen LogP contribution in [0.4, 0.5) is 0 Å². The minimum Gasteiger partial charge on any atom is -0.450 e. The van der Waals surface area contributed by atoms with Crippen LogP contribution in [0.2, 0.25) is 18.1 Å². The van der Waals surface area contributed by atoms with Gasteiger partial charge < -0.3 is 13.9 Å². The number of carbonyl (C=O) groups excluding carboxylic acids is 2. The van der Waals surface area contributed by atoms with Gasteiger partial charge in [0.15, 0.2) is 19.7 Å². The van der Waals surface area contributed by atoms with Crippen molar-refractivity contribution >= 4 is 20.1 Å². The van der Waals surface area contributed by atoms with E-state index in [1.807, 2.05) is 0 Å². The van der Waals surface area contributed by atoms with Crippen LogP contribution in [0.3, 0.4) is 0 Å². The van der Waals surface area contributed by atoms with E-state index in [0.717, 1.165) is 0 Å². The van der Waals surface area contributed by atoms with E-state index >= 15 is 0 Å². The van der Waals surface area contributed by atoms with Crippen molar-refractivity contribution in [1.29, 1.82) is 0 Å². The van der Waals surface area contributed by atoms with E-state index < -0.39 is 19.9 Å². The predicted molar refractivity (Wildman–Crippen MR) is 87.5 cm³/mol. The van der Waals surface area contributed by atoms with Crippen molar-refractivity contribution < 1.29 is 23.5 Å². The van der Waals surface area contributed by atoms with Crippen LogP contribution in [0.1, 0.15) is 40.5 Å². The Morgan fingerprint density at radius 2 is 1.91 bits per heavy atom. The minimum absolute atomic E-state index is 0.0154. The molecule has 1 aliphatic carbocycles. The van der Waals surface area contributed by atoms with E-state index in [-0.39, 0.29) is 41.3 Å². The van der Waals surface area contributed by atoms with Gasteiger partial charge in [0, 0.05) is 13.0 Å². The van der Waals surface area contributed by atoms with Gasteiger partial charge in [-0.2, -0.15) is 0 Å². The van der Waals surface area contributed by atoms with E-state index in [2.05, 4.69) is 40.8 Å². The molecule has 5 atom stereocenters. The molecule has 2 heterocycles. The van der Waals surface area contributed by atoms with Crippen molar-refractivity contribution in [3.8, 4) is 0 Å². The fraction of sp³-hybridized carbons (Fsp3) is 0.882.